The van der Waals surface area contributed by atoms with E-state index in [1.807, 2.05) is 0 Å². The summed E-state index contributed by atoms with van der Waals surface area (Å²) in [5.74, 6) is -0.391. The lowest BCUT2D eigenvalue weighted by molar-refractivity contribution is 0.582. The van der Waals surface area contributed by atoms with E-state index in [1.54, 1.807) is 12.1 Å². The van der Waals surface area contributed by atoms with Crippen LogP contribution in [0.4, 0.5) is 4.39 Å². The van der Waals surface area contributed by atoms with Gasteiger partial charge in [0.25, 0.3) is 0 Å². The van der Waals surface area contributed by atoms with Crippen molar-refractivity contribution in [1.82, 2.24) is 4.72 Å². The lowest BCUT2D eigenvalue weighted by Gasteiger charge is -2.04. The number of nitrogens with one attached hydrogen (secondary N) is 1. The van der Waals surface area contributed by atoms with Gasteiger partial charge in [-0.15, -0.1) is 11.3 Å². The van der Waals surface area contributed by atoms with Crippen LogP contribution in [-0.4, -0.2) is 8.42 Å². The molecule has 0 fully saturated rings. The molecule has 102 valence electrons. The van der Waals surface area contributed by atoms with Crippen LogP contribution in [0, 0.1) is 5.82 Å². The Labute approximate surface area is 115 Å². The van der Waals surface area contributed by atoms with Gasteiger partial charge in [0.15, 0.2) is 0 Å². The highest BCUT2D eigenvalue weighted by atomic mass is 32.2. The summed E-state index contributed by atoms with van der Waals surface area (Å²) in [5, 5.41) is 0. The first kappa shape index (κ1) is 14.1. The van der Waals surface area contributed by atoms with Crippen LogP contribution in [0.3, 0.4) is 0 Å². The van der Waals surface area contributed by atoms with Gasteiger partial charge in [0, 0.05) is 18.0 Å². The molecule has 0 bridgehead atoms. The first-order valence-electron chi connectivity index (χ1n) is 5.54. The van der Waals surface area contributed by atoms with E-state index >= 15 is 0 Å². The first-order valence-corrected chi connectivity index (χ1v) is 7.84. The molecule has 0 radical (unpaired) electrons. The van der Waals surface area contributed by atoms with Crippen LogP contribution in [-0.2, 0) is 23.1 Å². The van der Waals surface area contributed by atoms with Crippen LogP contribution >= 0.6 is 11.3 Å². The molecule has 1 heterocycles. The average Bonchev–Trinajstić information content (AvgIpc) is 2.86. The van der Waals surface area contributed by atoms with Crippen molar-refractivity contribution in [2.24, 2.45) is 5.73 Å². The van der Waals surface area contributed by atoms with Crippen molar-refractivity contribution >= 4 is 21.4 Å². The van der Waals surface area contributed by atoms with Crippen molar-refractivity contribution in [3.05, 3.63) is 52.7 Å². The molecule has 1 aromatic carbocycles. The third kappa shape index (κ3) is 3.60. The summed E-state index contributed by atoms with van der Waals surface area (Å²) >= 11 is 1.13. The minimum atomic E-state index is -3.57. The summed E-state index contributed by atoms with van der Waals surface area (Å²) in [5.41, 5.74) is 6.01. The molecule has 0 spiro atoms. The van der Waals surface area contributed by atoms with Gasteiger partial charge in [-0.3, -0.25) is 0 Å². The number of rotatable bonds is 5. The second-order valence-corrected chi connectivity index (χ2v) is 7.04. The van der Waals surface area contributed by atoms with Gasteiger partial charge in [-0.1, -0.05) is 12.1 Å². The standard InChI is InChI=1S/C12H13FN2O2S2/c13-10-3-1-2-9(6-10)8-15-19(16,17)12-5-4-11(7-14)18-12/h1-6,15H,7-8,14H2. The molecular formula is C12H13FN2O2S2. The fourth-order valence-corrected chi connectivity index (χ4v) is 3.81. The number of nitrogens with two attached hydrogens (primary N) is 1. The molecule has 0 aliphatic rings. The van der Waals surface area contributed by atoms with Gasteiger partial charge in [-0.05, 0) is 29.8 Å². The number of hydrogen-bond acceptors (Lipinski definition) is 4. The van der Waals surface area contributed by atoms with Crippen LogP contribution in [0.25, 0.3) is 0 Å². The van der Waals surface area contributed by atoms with Crippen molar-refractivity contribution in [3.63, 3.8) is 0 Å². The number of benzene rings is 1. The predicted octanol–water partition coefficient (Wildman–Crippen LogP) is 1.82. The van der Waals surface area contributed by atoms with Gasteiger partial charge in [0.2, 0.25) is 10.0 Å². The third-order valence-electron chi connectivity index (χ3n) is 2.46. The van der Waals surface area contributed by atoms with Gasteiger partial charge in [0.1, 0.15) is 10.0 Å². The largest absolute Gasteiger partial charge is 0.326 e. The highest BCUT2D eigenvalue weighted by Gasteiger charge is 2.16. The predicted molar refractivity (Wildman–Crippen MR) is 72.6 cm³/mol. The maximum atomic E-state index is 13.0. The lowest BCUT2D eigenvalue weighted by Crippen LogP contribution is -2.22. The van der Waals surface area contributed by atoms with Crippen molar-refractivity contribution < 1.29 is 12.8 Å². The second-order valence-electron chi connectivity index (χ2n) is 3.88. The smallest absolute Gasteiger partial charge is 0.250 e. The van der Waals surface area contributed by atoms with E-state index in [4.69, 9.17) is 5.73 Å². The molecule has 0 aliphatic heterocycles. The molecule has 1 aromatic heterocycles. The molecule has 4 nitrogen and oxygen atoms in total. The van der Waals surface area contributed by atoms with E-state index in [9.17, 15) is 12.8 Å². The highest BCUT2D eigenvalue weighted by Crippen LogP contribution is 2.21. The average molecular weight is 300 g/mol. The van der Waals surface area contributed by atoms with E-state index in [0.29, 0.717) is 12.1 Å². The molecule has 0 atom stereocenters. The Hall–Kier alpha value is -1.28. The maximum absolute atomic E-state index is 13.0. The molecule has 0 amide bonds. The zero-order chi connectivity index (χ0) is 13.9. The Kier molecular flexibility index (Phi) is 4.31. The minimum Gasteiger partial charge on any atom is -0.326 e. The van der Waals surface area contributed by atoms with Gasteiger partial charge in [0.05, 0.1) is 0 Å². The van der Waals surface area contributed by atoms with Crippen molar-refractivity contribution in [2.45, 2.75) is 17.3 Å². The molecule has 0 saturated carbocycles. The summed E-state index contributed by atoms with van der Waals surface area (Å²) in [6.07, 6.45) is 0. The Balaban J connectivity index is 2.09. The van der Waals surface area contributed by atoms with E-state index in [-0.39, 0.29) is 10.8 Å². The van der Waals surface area contributed by atoms with Crippen molar-refractivity contribution in [3.8, 4) is 0 Å². The molecule has 2 rings (SSSR count). The van der Waals surface area contributed by atoms with E-state index in [0.717, 1.165) is 16.2 Å². The summed E-state index contributed by atoms with van der Waals surface area (Å²) in [6.45, 7) is 0.361. The maximum Gasteiger partial charge on any atom is 0.250 e. The Morgan fingerprint density at radius 2 is 2.05 bits per heavy atom. The SMILES string of the molecule is NCc1ccc(S(=O)(=O)NCc2cccc(F)c2)s1. The van der Waals surface area contributed by atoms with Crippen LogP contribution in [0.5, 0.6) is 0 Å². The lowest BCUT2D eigenvalue weighted by atomic mass is 10.2. The second kappa shape index (κ2) is 5.79. The summed E-state index contributed by atoms with van der Waals surface area (Å²) in [6, 6.07) is 9.00. The zero-order valence-electron chi connectivity index (χ0n) is 9.97. The topological polar surface area (TPSA) is 72.2 Å². The van der Waals surface area contributed by atoms with Gasteiger partial charge in [-0.25, -0.2) is 17.5 Å². The fourth-order valence-electron chi connectivity index (χ4n) is 1.51. The van der Waals surface area contributed by atoms with E-state index < -0.39 is 15.8 Å². The normalized spacial score (nSPS) is 11.7. The molecule has 0 saturated heterocycles. The fraction of sp³-hybridized carbons (Fsp3) is 0.167. The molecule has 7 heteroatoms. The van der Waals surface area contributed by atoms with E-state index in [2.05, 4.69) is 4.72 Å². The van der Waals surface area contributed by atoms with Gasteiger partial charge in [-0.2, -0.15) is 0 Å². The number of thiophene rings is 1. The molecular weight excluding hydrogens is 287 g/mol. The zero-order valence-corrected chi connectivity index (χ0v) is 11.6. The number of hydrogen-bond donors (Lipinski definition) is 2. The minimum absolute atomic E-state index is 0.0515. The van der Waals surface area contributed by atoms with Gasteiger partial charge >= 0.3 is 0 Å². The molecule has 0 aliphatic carbocycles. The monoisotopic (exact) mass is 300 g/mol. The molecule has 0 unspecified atom stereocenters. The number of sulfonamides is 1. The van der Waals surface area contributed by atoms with Crippen LogP contribution in [0.2, 0.25) is 0 Å². The van der Waals surface area contributed by atoms with Crippen molar-refractivity contribution in [1.29, 1.82) is 0 Å². The van der Waals surface area contributed by atoms with E-state index in [1.165, 1.54) is 24.3 Å². The third-order valence-corrected chi connectivity index (χ3v) is 5.46. The molecule has 19 heavy (non-hydrogen) atoms. The Morgan fingerprint density at radius 3 is 2.68 bits per heavy atom. The quantitative estimate of drug-likeness (QED) is 0.885. The molecule has 2 aromatic rings. The summed E-state index contributed by atoms with van der Waals surface area (Å²) < 4.78 is 39.6. The van der Waals surface area contributed by atoms with Crippen molar-refractivity contribution in [2.75, 3.05) is 0 Å². The Bertz CT molecular complexity index is 668. The summed E-state index contributed by atoms with van der Waals surface area (Å²) in [7, 11) is -3.57. The van der Waals surface area contributed by atoms with Crippen LogP contribution in [0.1, 0.15) is 10.4 Å². The molecule has 3 N–H and O–H groups in total. The number of halogens is 1. The summed E-state index contributed by atoms with van der Waals surface area (Å²) in [4.78, 5) is 0.797. The van der Waals surface area contributed by atoms with Crippen LogP contribution in [0.15, 0.2) is 40.6 Å². The van der Waals surface area contributed by atoms with Gasteiger partial charge < -0.3 is 5.73 Å². The highest BCUT2D eigenvalue weighted by molar-refractivity contribution is 7.91. The van der Waals surface area contributed by atoms with Crippen LogP contribution < -0.4 is 10.5 Å². The first-order chi connectivity index (χ1) is 9.01. The Morgan fingerprint density at radius 1 is 1.26 bits per heavy atom.